The summed E-state index contributed by atoms with van der Waals surface area (Å²) in [5.41, 5.74) is 0. The summed E-state index contributed by atoms with van der Waals surface area (Å²) < 4.78 is 9.51. The van der Waals surface area contributed by atoms with Crippen LogP contribution in [-0.2, 0) is 9.47 Å². The first-order valence-electron chi connectivity index (χ1n) is 2.25. The van der Waals surface area contributed by atoms with Crippen molar-refractivity contribution in [1.29, 1.82) is 5.26 Å². The first-order valence-corrected chi connectivity index (χ1v) is 2.25. The number of rotatable bonds is 0. The second-order valence-electron chi connectivity index (χ2n) is 1.36. The average molecular weight is 111 g/mol. The minimum absolute atomic E-state index is 0.340. The summed E-state index contributed by atoms with van der Waals surface area (Å²) in [5, 5.41) is 8.20. The Morgan fingerprint density at radius 3 is 2.88 bits per heavy atom. The molecule has 0 bridgehead atoms. The fourth-order valence-electron chi connectivity index (χ4n) is 0.416. The molecule has 1 heterocycles. The van der Waals surface area contributed by atoms with Gasteiger partial charge in [-0.2, -0.15) is 5.26 Å². The van der Waals surface area contributed by atoms with Gasteiger partial charge in [0, 0.05) is 0 Å². The zero-order chi connectivity index (χ0) is 5.82. The van der Waals surface area contributed by atoms with Gasteiger partial charge in [0.25, 0.3) is 0 Å². The van der Waals surface area contributed by atoms with Crippen LogP contribution in [0.15, 0.2) is 12.5 Å². The first-order chi connectivity index (χ1) is 3.93. The van der Waals surface area contributed by atoms with Gasteiger partial charge in [0.1, 0.15) is 25.2 Å². The van der Waals surface area contributed by atoms with E-state index < -0.39 is 6.10 Å². The molecule has 1 atom stereocenters. The number of hydrogen-bond donors (Lipinski definition) is 0. The predicted molar refractivity (Wildman–Crippen MR) is 25.6 cm³/mol. The molecule has 1 aliphatic heterocycles. The Morgan fingerprint density at radius 1 is 1.62 bits per heavy atom. The third-order valence-electron chi connectivity index (χ3n) is 0.786. The molecule has 1 aliphatic rings. The number of ether oxygens (including phenoxy) is 2. The molecule has 0 aromatic rings. The normalized spacial score (nSPS) is 25.1. The largest absolute Gasteiger partial charge is 0.493 e. The molecule has 0 saturated heterocycles. The first kappa shape index (κ1) is 4.98. The van der Waals surface area contributed by atoms with Crippen molar-refractivity contribution in [3.8, 4) is 6.07 Å². The Morgan fingerprint density at radius 2 is 2.50 bits per heavy atom. The number of nitriles is 1. The van der Waals surface area contributed by atoms with Crippen LogP contribution in [0.2, 0.25) is 0 Å². The molecule has 0 amide bonds. The summed E-state index contributed by atoms with van der Waals surface area (Å²) in [4.78, 5) is 0. The van der Waals surface area contributed by atoms with Gasteiger partial charge in [-0.05, 0) is 0 Å². The third kappa shape index (κ3) is 0.909. The van der Waals surface area contributed by atoms with Crippen LogP contribution in [0.5, 0.6) is 0 Å². The van der Waals surface area contributed by atoms with Crippen molar-refractivity contribution >= 4 is 0 Å². The Kier molecular flexibility index (Phi) is 1.38. The molecule has 3 nitrogen and oxygen atoms in total. The summed E-state index contributed by atoms with van der Waals surface area (Å²) in [7, 11) is 0. The van der Waals surface area contributed by atoms with Gasteiger partial charge >= 0.3 is 0 Å². The Hall–Kier alpha value is -1.17. The highest BCUT2D eigenvalue weighted by Gasteiger charge is 2.07. The Labute approximate surface area is 47.1 Å². The van der Waals surface area contributed by atoms with Gasteiger partial charge < -0.3 is 9.47 Å². The lowest BCUT2D eigenvalue weighted by molar-refractivity contribution is 0.0665. The highest BCUT2D eigenvalue weighted by atomic mass is 16.6. The molecular weight excluding hydrogens is 106 g/mol. The summed E-state index contributed by atoms with van der Waals surface area (Å²) in [5.74, 6) is 0. The summed E-state index contributed by atoms with van der Waals surface area (Å²) in [6.07, 6.45) is 2.38. The van der Waals surface area contributed by atoms with E-state index in [9.17, 15) is 0 Å². The summed E-state index contributed by atoms with van der Waals surface area (Å²) in [6, 6.07) is 1.91. The van der Waals surface area contributed by atoms with Crippen LogP contribution in [0.4, 0.5) is 0 Å². The molecule has 0 fully saturated rings. The molecular formula is C5H5NO2. The van der Waals surface area contributed by atoms with E-state index in [4.69, 9.17) is 14.7 Å². The van der Waals surface area contributed by atoms with Crippen molar-refractivity contribution in [1.82, 2.24) is 0 Å². The van der Waals surface area contributed by atoms with Crippen LogP contribution in [0.25, 0.3) is 0 Å². The molecule has 0 spiro atoms. The second kappa shape index (κ2) is 2.22. The van der Waals surface area contributed by atoms with E-state index >= 15 is 0 Å². The average Bonchev–Trinajstić information content (AvgIpc) is 1.90. The lowest BCUT2D eigenvalue weighted by Crippen LogP contribution is -2.16. The van der Waals surface area contributed by atoms with E-state index in [2.05, 4.69) is 0 Å². The molecule has 42 valence electrons. The summed E-state index contributed by atoms with van der Waals surface area (Å²) >= 11 is 0. The summed E-state index contributed by atoms with van der Waals surface area (Å²) in [6.45, 7) is 0.340. The highest BCUT2D eigenvalue weighted by molar-refractivity contribution is 4.88. The van der Waals surface area contributed by atoms with E-state index in [1.165, 1.54) is 12.5 Å². The zero-order valence-corrected chi connectivity index (χ0v) is 4.20. The van der Waals surface area contributed by atoms with E-state index in [1.54, 1.807) is 0 Å². The smallest absolute Gasteiger partial charge is 0.217 e. The van der Waals surface area contributed by atoms with Crippen molar-refractivity contribution in [3.63, 3.8) is 0 Å². The molecule has 8 heavy (non-hydrogen) atoms. The fourth-order valence-corrected chi connectivity index (χ4v) is 0.416. The molecule has 0 aliphatic carbocycles. The van der Waals surface area contributed by atoms with Gasteiger partial charge in [0.05, 0.1) is 0 Å². The molecule has 0 aromatic carbocycles. The SMILES string of the molecule is N#CC1COC=CO1. The maximum absolute atomic E-state index is 8.20. The maximum Gasteiger partial charge on any atom is 0.217 e. The van der Waals surface area contributed by atoms with Crippen LogP contribution < -0.4 is 0 Å². The number of nitrogens with zero attached hydrogens (tertiary/aromatic N) is 1. The fraction of sp³-hybridized carbons (Fsp3) is 0.400. The lowest BCUT2D eigenvalue weighted by atomic mass is 10.4. The molecule has 0 aromatic heterocycles. The van der Waals surface area contributed by atoms with E-state index in [1.807, 2.05) is 6.07 Å². The Balaban J connectivity index is 2.41. The standard InChI is InChI=1S/C5H5NO2/c6-3-5-4-7-1-2-8-5/h1-2,5H,4H2. The molecule has 3 heteroatoms. The minimum atomic E-state index is -0.417. The molecule has 0 N–H and O–H groups in total. The van der Waals surface area contributed by atoms with Gasteiger partial charge in [-0.1, -0.05) is 0 Å². The monoisotopic (exact) mass is 111 g/mol. The van der Waals surface area contributed by atoms with Crippen LogP contribution in [0.3, 0.4) is 0 Å². The van der Waals surface area contributed by atoms with Crippen LogP contribution in [0.1, 0.15) is 0 Å². The minimum Gasteiger partial charge on any atom is -0.493 e. The van der Waals surface area contributed by atoms with Gasteiger partial charge in [-0.25, -0.2) is 0 Å². The van der Waals surface area contributed by atoms with E-state index in [0.717, 1.165) is 0 Å². The lowest BCUT2D eigenvalue weighted by Gasteiger charge is -2.11. The molecule has 1 unspecified atom stereocenters. The van der Waals surface area contributed by atoms with Crippen molar-refractivity contribution in [2.24, 2.45) is 0 Å². The quantitative estimate of drug-likeness (QED) is 0.454. The van der Waals surface area contributed by atoms with Crippen LogP contribution in [-0.4, -0.2) is 12.7 Å². The van der Waals surface area contributed by atoms with Crippen molar-refractivity contribution in [3.05, 3.63) is 12.5 Å². The third-order valence-corrected chi connectivity index (χ3v) is 0.786. The number of hydrogen-bond acceptors (Lipinski definition) is 3. The zero-order valence-electron chi connectivity index (χ0n) is 4.20. The van der Waals surface area contributed by atoms with Gasteiger partial charge in [0.2, 0.25) is 6.10 Å². The van der Waals surface area contributed by atoms with E-state index in [0.29, 0.717) is 6.61 Å². The molecule has 0 radical (unpaired) electrons. The Bertz CT molecular complexity index is 136. The molecule has 1 rings (SSSR count). The van der Waals surface area contributed by atoms with Gasteiger partial charge in [0.15, 0.2) is 0 Å². The van der Waals surface area contributed by atoms with Crippen molar-refractivity contribution in [2.75, 3.05) is 6.61 Å². The topological polar surface area (TPSA) is 42.2 Å². The van der Waals surface area contributed by atoms with Gasteiger partial charge in [-0.15, -0.1) is 0 Å². The predicted octanol–water partition coefficient (Wildman–Crippen LogP) is 0.397. The molecule has 0 saturated carbocycles. The van der Waals surface area contributed by atoms with Gasteiger partial charge in [-0.3, -0.25) is 0 Å². The highest BCUT2D eigenvalue weighted by Crippen LogP contribution is 1.98. The second-order valence-corrected chi connectivity index (χ2v) is 1.36. The van der Waals surface area contributed by atoms with Crippen molar-refractivity contribution in [2.45, 2.75) is 6.10 Å². The van der Waals surface area contributed by atoms with Crippen molar-refractivity contribution < 1.29 is 9.47 Å². The van der Waals surface area contributed by atoms with E-state index in [-0.39, 0.29) is 0 Å². The van der Waals surface area contributed by atoms with Crippen LogP contribution in [0, 0.1) is 11.3 Å². The van der Waals surface area contributed by atoms with Crippen LogP contribution >= 0.6 is 0 Å². The maximum atomic E-state index is 8.20.